The van der Waals surface area contributed by atoms with Crippen molar-refractivity contribution in [3.8, 4) is 0 Å². The van der Waals surface area contributed by atoms with Crippen molar-refractivity contribution < 1.29 is 14.7 Å². The number of nitrogens with one attached hydrogen (secondary N) is 1. The minimum absolute atomic E-state index is 0.0135. The van der Waals surface area contributed by atoms with Gasteiger partial charge in [-0.3, -0.25) is 9.59 Å². The van der Waals surface area contributed by atoms with E-state index in [1.807, 2.05) is 12.1 Å². The molecule has 1 aliphatic heterocycles. The van der Waals surface area contributed by atoms with Crippen LogP contribution in [0.2, 0.25) is 0 Å². The number of carbonyl (C=O) groups excluding carboxylic acids is 2. The van der Waals surface area contributed by atoms with E-state index in [0.29, 0.717) is 24.8 Å². The van der Waals surface area contributed by atoms with Gasteiger partial charge in [-0.25, -0.2) is 0 Å². The van der Waals surface area contributed by atoms with E-state index in [1.54, 1.807) is 6.07 Å². The van der Waals surface area contributed by atoms with Crippen molar-refractivity contribution in [1.29, 1.82) is 0 Å². The Morgan fingerprint density at radius 1 is 1.21 bits per heavy atom. The van der Waals surface area contributed by atoms with Gasteiger partial charge < -0.3 is 10.4 Å². The van der Waals surface area contributed by atoms with E-state index >= 15 is 0 Å². The van der Waals surface area contributed by atoms with E-state index in [-0.39, 0.29) is 23.7 Å². The third-order valence-corrected chi connectivity index (χ3v) is 4.08. The van der Waals surface area contributed by atoms with E-state index in [9.17, 15) is 14.7 Å². The summed E-state index contributed by atoms with van der Waals surface area (Å²) in [5, 5.41) is 12.2. The molecule has 0 radical (unpaired) electrons. The van der Waals surface area contributed by atoms with Crippen LogP contribution in [-0.2, 0) is 11.2 Å². The van der Waals surface area contributed by atoms with Gasteiger partial charge in [0.05, 0.1) is 12.5 Å². The highest BCUT2D eigenvalue weighted by Gasteiger charge is 2.27. The molecule has 4 heteroatoms. The average Bonchev–Trinajstić information content (AvgIpc) is 2.77. The van der Waals surface area contributed by atoms with Crippen molar-refractivity contribution in [2.75, 3.05) is 5.32 Å². The van der Waals surface area contributed by atoms with Gasteiger partial charge in [0, 0.05) is 17.2 Å². The standard InChI is InChI=1S/C15H17NO3/c17-12-4-1-9(2-5-12)15(19)10-3-6-13-11(7-10)8-14(18)16-13/h3,6-7,9,12,17H,1-2,4-5,8H2,(H,16,18). The van der Waals surface area contributed by atoms with Gasteiger partial charge in [-0.1, -0.05) is 0 Å². The van der Waals surface area contributed by atoms with Crippen LogP contribution in [0, 0.1) is 5.92 Å². The molecule has 0 spiro atoms. The third-order valence-electron chi connectivity index (χ3n) is 4.08. The van der Waals surface area contributed by atoms with Crippen LogP contribution in [0.3, 0.4) is 0 Å². The highest BCUT2D eigenvalue weighted by molar-refractivity contribution is 6.02. The number of fused-ring (bicyclic) bond motifs is 1. The van der Waals surface area contributed by atoms with Crippen LogP contribution < -0.4 is 5.32 Å². The molecule has 4 nitrogen and oxygen atoms in total. The number of aliphatic hydroxyl groups excluding tert-OH is 1. The van der Waals surface area contributed by atoms with Crippen molar-refractivity contribution >= 4 is 17.4 Å². The summed E-state index contributed by atoms with van der Waals surface area (Å²) in [6.45, 7) is 0. The maximum atomic E-state index is 12.4. The summed E-state index contributed by atoms with van der Waals surface area (Å²) in [5.74, 6) is 0.154. The molecule has 0 aromatic heterocycles. The van der Waals surface area contributed by atoms with E-state index in [0.717, 1.165) is 24.1 Å². The molecule has 2 aliphatic rings. The van der Waals surface area contributed by atoms with Gasteiger partial charge in [0.2, 0.25) is 5.91 Å². The maximum absolute atomic E-state index is 12.4. The summed E-state index contributed by atoms with van der Waals surface area (Å²) < 4.78 is 0. The predicted molar refractivity (Wildman–Crippen MR) is 71.1 cm³/mol. The molecule has 100 valence electrons. The van der Waals surface area contributed by atoms with Crippen LogP contribution in [0.15, 0.2) is 18.2 Å². The fourth-order valence-electron chi connectivity index (χ4n) is 2.96. The van der Waals surface area contributed by atoms with Crippen LogP contribution in [0.25, 0.3) is 0 Å². The Bertz CT molecular complexity index is 530. The number of anilines is 1. The summed E-state index contributed by atoms with van der Waals surface area (Å²) >= 11 is 0. The molecule has 2 N–H and O–H groups in total. The Balaban J connectivity index is 1.77. The van der Waals surface area contributed by atoms with Gasteiger partial charge in [0.25, 0.3) is 0 Å². The van der Waals surface area contributed by atoms with Gasteiger partial charge in [0.1, 0.15) is 0 Å². The Morgan fingerprint density at radius 3 is 2.68 bits per heavy atom. The molecule has 0 unspecified atom stereocenters. The lowest BCUT2D eigenvalue weighted by atomic mass is 9.82. The number of benzene rings is 1. The smallest absolute Gasteiger partial charge is 0.228 e. The number of carbonyl (C=O) groups is 2. The molecule has 1 aliphatic carbocycles. The number of rotatable bonds is 2. The summed E-state index contributed by atoms with van der Waals surface area (Å²) in [5.41, 5.74) is 2.42. The number of ketones is 1. The molecular weight excluding hydrogens is 242 g/mol. The van der Waals surface area contributed by atoms with E-state index in [4.69, 9.17) is 0 Å². The molecule has 0 atom stereocenters. The summed E-state index contributed by atoms with van der Waals surface area (Å²) in [6.07, 6.45) is 3.05. The van der Waals surface area contributed by atoms with Crippen LogP contribution in [0.4, 0.5) is 5.69 Å². The molecule has 0 saturated heterocycles. The molecule has 3 rings (SSSR count). The Morgan fingerprint density at radius 2 is 1.95 bits per heavy atom. The fourth-order valence-corrected chi connectivity index (χ4v) is 2.96. The number of hydrogen-bond acceptors (Lipinski definition) is 3. The average molecular weight is 259 g/mol. The lowest BCUT2D eigenvalue weighted by Crippen LogP contribution is -2.24. The van der Waals surface area contributed by atoms with E-state index in [1.165, 1.54) is 0 Å². The van der Waals surface area contributed by atoms with Crippen molar-refractivity contribution in [2.45, 2.75) is 38.2 Å². The highest BCUT2D eigenvalue weighted by atomic mass is 16.3. The van der Waals surface area contributed by atoms with Gasteiger partial charge in [-0.2, -0.15) is 0 Å². The first-order valence-electron chi connectivity index (χ1n) is 6.78. The first kappa shape index (κ1) is 12.4. The largest absolute Gasteiger partial charge is 0.393 e. The molecule has 1 aromatic carbocycles. The van der Waals surface area contributed by atoms with E-state index in [2.05, 4.69) is 5.32 Å². The fraction of sp³-hybridized carbons (Fsp3) is 0.467. The van der Waals surface area contributed by atoms with Gasteiger partial charge >= 0.3 is 0 Å². The van der Waals surface area contributed by atoms with Crippen LogP contribution >= 0.6 is 0 Å². The van der Waals surface area contributed by atoms with Crippen molar-refractivity contribution in [3.05, 3.63) is 29.3 Å². The summed E-state index contributed by atoms with van der Waals surface area (Å²) in [4.78, 5) is 23.7. The maximum Gasteiger partial charge on any atom is 0.228 e. The Hall–Kier alpha value is -1.68. The lowest BCUT2D eigenvalue weighted by Gasteiger charge is -2.24. The first-order valence-corrected chi connectivity index (χ1v) is 6.78. The number of amides is 1. The zero-order chi connectivity index (χ0) is 13.4. The van der Waals surface area contributed by atoms with Crippen molar-refractivity contribution in [1.82, 2.24) is 0 Å². The van der Waals surface area contributed by atoms with E-state index < -0.39 is 0 Å². The van der Waals surface area contributed by atoms with Gasteiger partial charge in [-0.05, 0) is 49.4 Å². The van der Waals surface area contributed by atoms with Crippen molar-refractivity contribution in [3.63, 3.8) is 0 Å². The summed E-state index contributed by atoms with van der Waals surface area (Å²) in [6, 6.07) is 5.43. The molecule has 1 fully saturated rings. The van der Waals surface area contributed by atoms with Crippen LogP contribution in [0.5, 0.6) is 0 Å². The van der Waals surface area contributed by atoms with Crippen LogP contribution in [-0.4, -0.2) is 22.9 Å². The molecule has 1 aromatic rings. The van der Waals surface area contributed by atoms with Gasteiger partial charge in [0.15, 0.2) is 5.78 Å². The second-order valence-electron chi connectivity index (χ2n) is 5.47. The minimum Gasteiger partial charge on any atom is -0.393 e. The molecule has 1 saturated carbocycles. The Kier molecular flexibility index (Phi) is 3.11. The second-order valence-corrected chi connectivity index (χ2v) is 5.47. The number of hydrogen-bond donors (Lipinski definition) is 2. The zero-order valence-corrected chi connectivity index (χ0v) is 10.7. The predicted octanol–water partition coefficient (Wildman–Crippen LogP) is 1.91. The monoisotopic (exact) mass is 259 g/mol. The second kappa shape index (κ2) is 4.78. The molecule has 0 bridgehead atoms. The quantitative estimate of drug-likeness (QED) is 0.797. The normalized spacial score (nSPS) is 25.8. The molecular formula is C15H17NO3. The SMILES string of the molecule is O=C1Cc2cc(C(=O)C3CCC(O)CC3)ccc2N1. The number of Topliss-reactive ketones (excluding diaryl/α,β-unsaturated/α-hetero) is 1. The Labute approximate surface area is 111 Å². The molecule has 1 amide bonds. The lowest BCUT2D eigenvalue weighted by molar-refractivity contribution is -0.115. The van der Waals surface area contributed by atoms with Crippen LogP contribution in [0.1, 0.15) is 41.6 Å². The summed E-state index contributed by atoms with van der Waals surface area (Å²) in [7, 11) is 0. The molecule has 1 heterocycles. The first-order chi connectivity index (χ1) is 9.13. The highest BCUT2D eigenvalue weighted by Crippen LogP contribution is 2.30. The topological polar surface area (TPSA) is 66.4 Å². The third kappa shape index (κ3) is 2.40. The van der Waals surface area contributed by atoms with Crippen molar-refractivity contribution in [2.24, 2.45) is 5.92 Å². The zero-order valence-electron chi connectivity index (χ0n) is 10.7. The molecule has 19 heavy (non-hydrogen) atoms. The number of aliphatic hydroxyl groups is 1. The van der Waals surface area contributed by atoms with Gasteiger partial charge in [-0.15, -0.1) is 0 Å². The minimum atomic E-state index is -0.245.